The van der Waals surface area contributed by atoms with Crippen molar-refractivity contribution in [1.29, 1.82) is 0 Å². The van der Waals surface area contributed by atoms with Crippen molar-refractivity contribution in [3.8, 4) is 0 Å². The van der Waals surface area contributed by atoms with Gasteiger partial charge in [0.1, 0.15) is 5.69 Å². The predicted molar refractivity (Wildman–Crippen MR) is 98.3 cm³/mol. The Morgan fingerprint density at radius 1 is 1.28 bits per heavy atom. The number of Topliss-reactive ketones (excluding diaryl/α,β-unsaturated/α-hetero) is 1. The second kappa shape index (κ2) is 6.77. The molecule has 132 valence electrons. The Labute approximate surface area is 151 Å². The number of thiophene rings is 1. The van der Waals surface area contributed by atoms with Gasteiger partial charge in [-0.05, 0) is 49.3 Å². The van der Waals surface area contributed by atoms with E-state index in [9.17, 15) is 9.59 Å². The topological polar surface area (TPSA) is 56.4 Å². The van der Waals surface area contributed by atoms with Gasteiger partial charge in [0.25, 0.3) is 5.91 Å². The number of nitrogens with zero attached hydrogens (tertiary/aromatic N) is 2. The number of rotatable bonds is 4. The zero-order valence-electron chi connectivity index (χ0n) is 14.5. The number of hydrogen-bond acceptors (Lipinski definition) is 4. The minimum absolute atomic E-state index is 0.00538. The average molecular weight is 357 g/mol. The third-order valence-corrected chi connectivity index (χ3v) is 6.38. The van der Waals surface area contributed by atoms with Crippen LogP contribution in [0.1, 0.15) is 57.1 Å². The third-order valence-electron chi connectivity index (χ3n) is 5.38. The van der Waals surface area contributed by atoms with E-state index in [0.717, 1.165) is 38.9 Å². The van der Waals surface area contributed by atoms with Crippen LogP contribution in [-0.2, 0) is 6.42 Å². The monoisotopic (exact) mass is 357 g/mol. The molecule has 1 N–H and O–H groups in total. The Morgan fingerprint density at radius 3 is 2.88 bits per heavy atom. The lowest BCUT2D eigenvalue weighted by atomic mass is 10.0. The fourth-order valence-electron chi connectivity index (χ4n) is 3.82. The molecule has 5 nitrogen and oxygen atoms in total. The molecule has 4 heterocycles. The van der Waals surface area contributed by atoms with Gasteiger partial charge < -0.3 is 9.88 Å². The normalized spacial score (nSPS) is 20.7. The highest BCUT2D eigenvalue weighted by molar-refractivity contribution is 7.10. The largest absolute Gasteiger partial charge is 0.356 e. The van der Waals surface area contributed by atoms with Gasteiger partial charge in [-0.15, -0.1) is 11.3 Å². The van der Waals surface area contributed by atoms with Gasteiger partial charge in [-0.2, -0.15) is 0 Å². The van der Waals surface area contributed by atoms with E-state index in [0.29, 0.717) is 17.8 Å². The summed E-state index contributed by atoms with van der Waals surface area (Å²) >= 11 is 1.81. The highest BCUT2D eigenvalue weighted by atomic mass is 32.1. The molecule has 1 amide bonds. The summed E-state index contributed by atoms with van der Waals surface area (Å²) in [5.74, 6) is 0.0769. The Balaban J connectivity index is 1.43. The summed E-state index contributed by atoms with van der Waals surface area (Å²) in [5.41, 5.74) is 2.48. The standard InChI is InChI=1S/C19H23N3O2S/c1-13-15-5-9-25-18(15)4-8-22(13)12-17(23)14-10-16(20-11-14)19(24)21-6-2-3-7-21/h5,9-11,13,20H,2-4,6-8,12H2,1H3/t13-/m0/s1. The molecule has 2 aliphatic heterocycles. The van der Waals surface area contributed by atoms with Gasteiger partial charge in [-0.1, -0.05) is 0 Å². The third kappa shape index (κ3) is 3.16. The fourth-order valence-corrected chi connectivity index (χ4v) is 4.79. The van der Waals surface area contributed by atoms with Gasteiger partial charge in [0.2, 0.25) is 0 Å². The summed E-state index contributed by atoms with van der Waals surface area (Å²) in [5, 5.41) is 2.13. The minimum Gasteiger partial charge on any atom is -0.356 e. The lowest BCUT2D eigenvalue weighted by Crippen LogP contribution is -2.37. The van der Waals surface area contributed by atoms with E-state index in [4.69, 9.17) is 0 Å². The van der Waals surface area contributed by atoms with E-state index in [1.807, 2.05) is 4.90 Å². The average Bonchev–Trinajstić information content (AvgIpc) is 3.37. The quantitative estimate of drug-likeness (QED) is 0.856. The lowest BCUT2D eigenvalue weighted by Gasteiger charge is -2.32. The van der Waals surface area contributed by atoms with Gasteiger partial charge in [-0.25, -0.2) is 0 Å². The number of ketones is 1. The summed E-state index contributed by atoms with van der Waals surface area (Å²) in [4.78, 5) is 33.6. The number of carbonyl (C=O) groups is 2. The Morgan fingerprint density at radius 2 is 2.08 bits per heavy atom. The van der Waals surface area contributed by atoms with E-state index in [2.05, 4.69) is 28.3 Å². The molecular weight excluding hydrogens is 334 g/mol. The smallest absolute Gasteiger partial charge is 0.270 e. The van der Waals surface area contributed by atoms with Crippen molar-refractivity contribution in [3.63, 3.8) is 0 Å². The first-order chi connectivity index (χ1) is 12.1. The van der Waals surface area contributed by atoms with Gasteiger partial charge in [0.15, 0.2) is 5.78 Å². The Kier molecular flexibility index (Phi) is 4.48. The molecule has 1 saturated heterocycles. The van der Waals surface area contributed by atoms with Crippen LogP contribution in [0, 0.1) is 0 Å². The molecule has 2 aromatic rings. The molecular formula is C19H23N3O2S. The highest BCUT2D eigenvalue weighted by Crippen LogP contribution is 2.32. The summed E-state index contributed by atoms with van der Waals surface area (Å²) < 4.78 is 0. The van der Waals surface area contributed by atoms with E-state index >= 15 is 0 Å². The number of nitrogens with one attached hydrogen (secondary N) is 1. The van der Waals surface area contributed by atoms with Crippen LogP contribution in [0.15, 0.2) is 23.7 Å². The first kappa shape index (κ1) is 16.5. The van der Waals surface area contributed by atoms with Gasteiger partial charge in [0, 0.05) is 42.3 Å². The molecule has 6 heteroatoms. The molecule has 0 saturated carbocycles. The molecule has 2 aliphatic rings. The summed E-state index contributed by atoms with van der Waals surface area (Å²) in [6, 6.07) is 4.15. The molecule has 25 heavy (non-hydrogen) atoms. The van der Waals surface area contributed by atoms with Crippen molar-refractivity contribution in [2.75, 3.05) is 26.2 Å². The van der Waals surface area contributed by atoms with Crippen LogP contribution in [0.25, 0.3) is 0 Å². The van der Waals surface area contributed by atoms with Crippen LogP contribution in [-0.4, -0.2) is 52.7 Å². The molecule has 4 rings (SSSR count). The number of fused-ring (bicyclic) bond motifs is 1. The molecule has 1 fully saturated rings. The molecule has 0 bridgehead atoms. The van der Waals surface area contributed by atoms with Crippen LogP contribution >= 0.6 is 11.3 Å². The van der Waals surface area contributed by atoms with Gasteiger partial charge in [0.05, 0.1) is 6.54 Å². The molecule has 0 unspecified atom stereocenters. The van der Waals surface area contributed by atoms with E-state index in [1.165, 1.54) is 10.4 Å². The van der Waals surface area contributed by atoms with Crippen LogP contribution in [0.3, 0.4) is 0 Å². The van der Waals surface area contributed by atoms with Crippen LogP contribution in [0.5, 0.6) is 0 Å². The van der Waals surface area contributed by atoms with Crippen LogP contribution < -0.4 is 0 Å². The van der Waals surface area contributed by atoms with Crippen molar-refractivity contribution >= 4 is 23.0 Å². The van der Waals surface area contributed by atoms with Crippen molar-refractivity contribution in [3.05, 3.63) is 45.4 Å². The predicted octanol–water partition coefficient (Wildman–Crippen LogP) is 3.11. The van der Waals surface area contributed by atoms with Crippen molar-refractivity contribution < 1.29 is 9.59 Å². The SMILES string of the molecule is C[C@H]1c2ccsc2CCN1CC(=O)c1c[nH]c(C(=O)N2CCCC2)c1. The van der Waals surface area contributed by atoms with Crippen molar-refractivity contribution in [1.82, 2.24) is 14.8 Å². The Hall–Kier alpha value is -1.92. The van der Waals surface area contributed by atoms with Crippen molar-refractivity contribution in [2.45, 2.75) is 32.2 Å². The molecule has 1 atom stereocenters. The number of aromatic nitrogens is 1. The van der Waals surface area contributed by atoms with Crippen LogP contribution in [0.4, 0.5) is 0 Å². The number of amides is 1. The number of carbonyl (C=O) groups excluding carboxylic acids is 2. The van der Waals surface area contributed by atoms with E-state index in [-0.39, 0.29) is 17.7 Å². The minimum atomic E-state index is 0.00538. The Bertz CT molecular complexity index is 788. The summed E-state index contributed by atoms with van der Waals surface area (Å²) in [6.07, 6.45) is 4.82. The molecule has 0 radical (unpaired) electrons. The summed E-state index contributed by atoms with van der Waals surface area (Å²) in [7, 11) is 0. The number of likely N-dealkylation sites (tertiary alicyclic amines) is 1. The maximum absolute atomic E-state index is 12.7. The number of H-pyrrole nitrogens is 1. The molecule has 0 aromatic carbocycles. The second-order valence-corrected chi connectivity index (χ2v) is 7.92. The fraction of sp³-hybridized carbons (Fsp3) is 0.474. The highest BCUT2D eigenvalue weighted by Gasteiger charge is 2.27. The second-order valence-electron chi connectivity index (χ2n) is 6.92. The molecule has 0 spiro atoms. The van der Waals surface area contributed by atoms with Gasteiger partial charge in [-0.3, -0.25) is 14.5 Å². The zero-order valence-corrected chi connectivity index (χ0v) is 15.3. The number of hydrogen-bond donors (Lipinski definition) is 1. The van der Waals surface area contributed by atoms with E-state index < -0.39 is 0 Å². The molecule has 0 aliphatic carbocycles. The first-order valence-electron chi connectivity index (χ1n) is 8.94. The summed E-state index contributed by atoms with van der Waals surface area (Å²) in [6.45, 7) is 5.10. The van der Waals surface area contributed by atoms with Gasteiger partial charge >= 0.3 is 0 Å². The molecule has 2 aromatic heterocycles. The lowest BCUT2D eigenvalue weighted by molar-refractivity contribution is 0.0787. The zero-order chi connectivity index (χ0) is 17.4. The van der Waals surface area contributed by atoms with Crippen LogP contribution in [0.2, 0.25) is 0 Å². The maximum Gasteiger partial charge on any atom is 0.270 e. The van der Waals surface area contributed by atoms with Crippen molar-refractivity contribution in [2.24, 2.45) is 0 Å². The number of aromatic amines is 1. The maximum atomic E-state index is 12.7. The van der Waals surface area contributed by atoms with E-state index in [1.54, 1.807) is 23.6 Å². The first-order valence-corrected chi connectivity index (χ1v) is 9.82.